The molecule has 164 valence electrons. The zero-order valence-corrected chi connectivity index (χ0v) is 19.6. The first-order valence-corrected chi connectivity index (χ1v) is 11.6. The largest absolute Gasteiger partial charge is 0.383 e. The Balaban J connectivity index is 1.83. The second-order valence-corrected chi connectivity index (χ2v) is 9.71. The highest BCUT2D eigenvalue weighted by molar-refractivity contribution is 8.26. The number of thiocarbonyl (C=S) groups is 1. The minimum atomic E-state index is -0.195. The Morgan fingerprint density at radius 2 is 2.06 bits per heavy atom. The maximum absolute atomic E-state index is 13.5. The summed E-state index contributed by atoms with van der Waals surface area (Å²) in [7, 11) is 1.59. The number of pyridine rings is 1. The Morgan fingerprint density at radius 1 is 1.32 bits per heavy atom. The van der Waals surface area contributed by atoms with Crippen molar-refractivity contribution in [2.24, 2.45) is 5.92 Å². The third-order valence-corrected chi connectivity index (χ3v) is 7.19. The molecule has 4 heterocycles. The van der Waals surface area contributed by atoms with E-state index in [1.807, 2.05) is 19.1 Å². The lowest BCUT2D eigenvalue weighted by Gasteiger charge is -2.32. The summed E-state index contributed by atoms with van der Waals surface area (Å²) < 4.78 is 7.12. The average Bonchev–Trinajstić information content (AvgIpc) is 3.02. The first-order chi connectivity index (χ1) is 14.9. The second kappa shape index (κ2) is 9.10. The Hall–Kier alpha value is -2.23. The Bertz CT molecular complexity index is 1120. The fourth-order valence-electron chi connectivity index (χ4n) is 3.89. The predicted octanol–water partition coefficient (Wildman–Crippen LogP) is 3.09. The van der Waals surface area contributed by atoms with E-state index in [0.29, 0.717) is 45.3 Å². The van der Waals surface area contributed by atoms with Gasteiger partial charge in [-0.1, -0.05) is 37.0 Å². The van der Waals surface area contributed by atoms with Gasteiger partial charge in [0, 0.05) is 26.4 Å². The van der Waals surface area contributed by atoms with Crippen molar-refractivity contribution in [3.05, 3.63) is 44.7 Å². The number of nitrogens with zero attached hydrogens (tertiary/aromatic N) is 4. The van der Waals surface area contributed by atoms with Crippen molar-refractivity contribution in [1.82, 2.24) is 14.3 Å². The number of piperidine rings is 1. The van der Waals surface area contributed by atoms with E-state index in [0.717, 1.165) is 31.5 Å². The van der Waals surface area contributed by atoms with Crippen molar-refractivity contribution >= 4 is 51.7 Å². The monoisotopic (exact) mass is 458 g/mol. The van der Waals surface area contributed by atoms with Crippen LogP contribution in [0.5, 0.6) is 0 Å². The smallest absolute Gasteiger partial charge is 0.267 e. The molecule has 0 atom stereocenters. The zero-order valence-electron chi connectivity index (χ0n) is 18.0. The molecule has 2 aromatic rings. The quantitative estimate of drug-likeness (QED) is 0.504. The van der Waals surface area contributed by atoms with Crippen LogP contribution in [0.25, 0.3) is 11.7 Å². The first-order valence-electron chi connectivity index (χ1n) is 10.4. The van der Waals surface area contributed by atoms with Gasteiger partial charge in [0.2, 0.25) is 0 Å². The van der Waals surface area contributed by atoms with Gasteiger partial charge in [0.1, 0.15) is 15.8 Å². The van der Waals surface area contributed by atoms with E-state index < -0.39 is 0 Å². The Morgan fingerprint density at radius 3 is 2.77 bits per heavy atom. The number of rotatable bonds is 5. The van der Waals surface area contributed by atoms with Crippen LogP contribution in [0.2, 0.25) is 0 Å². The molecule has 2 aromatic heterocycles. The number of aromatic nitrogens is 2. The molecule has 31 heavy (non-hydrogen) atoms. The van der Waals surface area contributed by atoms with Crippen LogP contribution in [0.1, 0.15) is 30.9 Å². The van der Waals surface area contributed by atoms with E-state index in [1.165, 1.54) is 16.7 Å². The molecule has 4 rings (SSSR count). The number of hydrogen-bond acceptors (Lipinski definition) is 7. The summed E-state index contributed by atoms with van der Waals surface area (Å²) >= 11 is 6.60. The Kier molecular flexibility index (Phi) is 6.45. The first kappa shape index (κ1) is 22.0. The predicted molar refractivity (Wildman–Crippen MR) is 129 cm³/mol. The molecule has 0 saturated carbocycles. The molecule has 0 aliphatic carbocycles. The van der Waals surface area contributed by atoms with Gasteiger partial charge >= 0.3 is 0 Å². The third-order valence-electron chi connectivity index (χ3n) is 5.82. The normalized spacial score (nSPS) is 19.3. The van der Waals surface area contributed by atoms with Crippen molar-refractivity contribution in [2.45, 2.75) is 26.7 Å². The minimum absolute atomic E-state index is 0.176. The van der Waals surface area contributed by atoms with Crippen LogP contribution in [-0.4, -0.2) is 57.9 Å². The summed E-state index contributed by atoms with van der Waals surface area (Å²) in [4.78, 5) is 35.5. The fourth-order valence-corrected chi connectivity index (χ4v) is 5.18. The van der Waals surface area contributed by atoms with Crippen LogP contribution in [-0.2, 0) is 9.53 Å². The van der Waals surface area contributed by atoms with Crippen molar-refractivity contribution in [3.63, 3.8) is 0 Å². The van der Waals surface area contributed by atoms with E-state index in [1.54, 1.807) is 23.8 Å². The van der Waals surface area contributed by atoms with Crippen molar-refractivity contribution in [2.75, 3.05) is 38.3 Å². The zero-order chi connectivity index (χ0) is 22.1. The highest BCUT2D eigenvalue weighted by Gasteiger charge is 2.33. The number of aryl methyl sites for hydroxylation is 1. The average molecular weight is 459 g/mol. The van der Waals surface area contributed by atoms with Gasteiger partial charge in [0.05, 0.1) is 23.6 Å². The van der Waals surface area contributed by atoms with Crippen LogP contribution < -0.4 is 10.5 Å². The number of anilines is 1. The summed E-state index contributed by atoms with van der Waals surface area (Å²) in [6.45, 7) is 6.66. The molecule has 0 spiro atoms. The molecule has 0 N–H and O–H groups in total. The molecule has 0 unspecified atom stereocenters. The number of hydrogen-bond donors (Lipinski definition) is 0. The van der Waals surface area contributed by atoms with E-state index in [9.17, 15) is 9.59 Å². The molecule has 9 heteroatoms. The number of methoxy groups -OCH3 is 1. The highest BCUT2D eigenvalue weighted by Crippen LogP contribution is 2.34. The Labute approximate surface area is 191 Å². The van der Waals surface area contributed by atoms with Crippen molar-refractivity contribution < 1.29 is 9.53 Å². The maximum Gasteiger partial charge on any atom is 0.267 e. The summed E-state index contributed by atoms with van der Waals surface area (Å²) in [5.41, 5.74) is 1.84. The number of amides is 1. The van der Waals surface area contributed by atoms with Gasteiger partial charge in [-0.05, 0) is 43.4 Å². The SMILES string of the molecule is COCCN1C(=O)/C(=C/c2c(N3CCC(C)CC3)nc3c(C)cccn3c2=O)SC1=S. The molecule has 0 radical (unpaired) electrons. The van der Waals surface area contributed by atoms with Crippen molar-refractivity contribution in [1.29, 1.82) is 0 Å². The molecule has 2 aliphatic rings. The number of carbonyl (C=O) groups excluding carboxylic acids is 1. The molecule has 1 amide bonds. The highest BCUT2D eigenvalue weighted by atomic mass is 32.2. The number of carbonyl (C=O) groups is 1. The summed E-state index contributed by atoms with van der Waals surface area (Å²) in [6.07, 6.45) is 5.49. The lowest BCUT2D eigenvalue weighted by Crippen LogP contribution is -2.36. The molecule has 2 aliphatic heterocycles. The summed E-state index contributed by atoms with van der Waals surface area (Å²) in [5.74, 6) is 1.10. The van der Waals surface area contributed by atoms with Crippen molar-refractivity contribution in [3.8, 4) is 0 Å². The van der Waals surface area contributed by atoms with E-state index in [-0.39, 0.29) is 11.5 Å². The number of ether oxygens (including phenoxy) is 1. The molecular formula is C22H26N4O3S2. The van der Waals surface area contributed by atoms with Gasteiger partial charge < -0.3 is 9.64 Å². The summed E-state index contributed by atoms with van der Waals surface area (Å²) in [6, 6.07) is 3.78. The number of fused-ring (bicyclic) bond motifs is 1. The van der Waals surface area contributed by atoms with Crippen LogP contribution in [0, 0.1) is 12.8 Å². The van der Waals surface area contributed by atoms with Gasteiger partial charge in [-0.15, -0.1) is 0 Å². The van der Waals surface area contributed by atoms with Gasteiger partial charge in [0.15, 0.2) is 0 Å². The van der Waals surface area contributed by atoms with Gasteiger partial charge in [0.25, 0.3) is 11.5 Å². The minimum Gasteiger partial charge on any atom is -0.383 e. The lowest BCUT2D eigenvalue weighted by atomic mass is 9.99. The fraction of sp³-hybridized carbons (Fsp3) is 0.455. The van der Waals surface area contributed by atoms with Crippen LogP contribution in [0.15, 0.2) is 28.0 Å². The van der Waals surface area contributed by atoms with E-state index >= 15 is 0 Å². The molecule has 7 nitrogen and oxygen atoms in total. The molecule has 2 saturated heterocycles. The summed E-state index contributed by atoms with van der Waals surface area (Å²) in [5, 5.41) is 0. The molecule has 0 bridgehead atoms. The van der Waals surface area contributed by atoms with Gasteiger partial charge in [-0.25, -0.2) is 4.98 Å². The van der Waals surface area contributed by atoms with Gasteiger partial charge in [-0.3, -0.25) is 18.9 Å². The lowest BCUT2D eigenvalue weighted by molar-refractivity contribution is -0.122. The molecule has 2 fully saturated rings. The van der Waals surface area contributed by atoms with Gasteiger partial charge in [-0.2, -0.15) is 0 Å². The van der Waals surface area contributed by atoms with Crippen LogP contribution >= 0.6 is 24.0 Å². The maximum atomic E-state index is 13.5. The topological polar surface area (TPSA) is 67.2 Å². The van der Waals surface area contributed by atoms with E-state index in [4.69, 9.17) is 21.9 Å². The third kappa shape index (κ3) is 4.26. The molecular weight excluding hydrogens is 432 g/mol. The number of thioether (sulfide) groups is 1. The van der Waals surface area contributed by atoms with Crippen LogP contribution in [0.3, 0.4) is 0 Å². The molecule has 0 aromatic carbocycles. The standard InChI is InChI=1S/C22H26N4O3S2/c1-14-6-9-24(10-7-14)19-16(20(27)25-8-4-5-15(2)18(25)23-19)13-17-21(28)26(11-12-29-3)22(30)31-17/h4-5,8,13-14H,6-7,9-12H2,1-3H3/b17-13-. The van der Waals surface area contributed by atoms with E-state index in [2.05, 4.69) is 11.8 Å². The van der Waals surface area contributed by atoms with Crippen LogP contribution in [0.4, 0.5) is 5.82 Å². The second-order valence-electron chi connectivity index (χ2n) is 8.03.